The van der Waals surface area contributed by atoms with Gasteiger partial charge in [0.15, 0.2) is 6.10 Å². The van der Waals surface area contributed by atoms with Crippen molar-refractivity contribution in [2.45, 2.75) is 174 Å². The number of hydrogen-bond acceptors (Lipinski definition) is 8. The molecule has 9 nitrogen and oxygen atoms in total. The Bertz CT molecular complexity index is 1690. The number of carbonyl (C=O) groups excluding carboxylic acids is 2. The van der Waals surface area contributed by atoms with Gasteiger partial charge in [-0.05, 0) is 116 Å². The molecule has 0 rings (SSSR count). The van der Waals surface area contributed by atoms with Crippen LogP contribution in [0.3, 0.4) is 0 Å². The second-order valence-corrected chi connectivity index (χ2v) is 19.5. The molecule has 0 fully saturated rings. The summed E-state index contributed by atoms with van der Waals surface area (Å²) in [6.45, 7) is 3.91. The lowest BCUT2D eigenvalue weighted by atomic mass is 10.1. The number of carbonyl (C=O) groups is 2. The molecule has 0 aliphatic rings. The molecule has 0 aromatic rings. The van der Waals surface area contributed by atoms with Crippen molar-refractivity contribution in [1.29, 1.82) is 0 Å². The molecule has 0 saturated heterocycles. The molecule has 0 aromatic carbocycles. The van der Waals surface area contributed by atoms with Gasteiger partial charge in [-0.15, -0.1) is 0 Å². The van der Waals surface area contributed by atoms with Gasteiger partial charge in [-0.3, -0.25) is 14.2 Å². The van der Waals surface area contributed by atoms with E-state index < -0.39 is 32.5 Å². The standard InChI is InChI=1S/C60H96NO8P/c1-6-8-10-12-14-16-18-20-22-24-26-28-30-32-34-36-38-40-42-44-46-48-50-52-59(62)66-56-58(57-68-70(64,65)67-55-54-61(3,4)5)69-60(63)53-51-49-47-45-43-41-39-37-35-33-31-29-27-25-23-21-19-17-15-13-11-9-7-2/h8-11,14-17,20-23,26-29,32-35,38-41,58H,6-7,12-13,18-19,24-25,30-31,36-37,42-57H2,1-5H3/b10-8-,11-9-,16-14-,17-15-,22-20-,23-21-,28-26-,29-27-,34-32-,35-33-,40-38-,41-39-. The van der Waals surface area contributed by atoms with Gasteiger partial charge in [0, 0.05) is 12.8 Å². The third-order valence-electron chi connectivity index (χ3n) is 10.4. The molecule has 0 spiro atoms. The van der Waals surface area contributed by atoms with Gasteiger partial charge >= 0.3 is 11.9 Å². The van der Waals surface area contributed by atoms with Gasteiger partial charge < -0.3 is 27.9 Å². The van der Waals surface area contributed by atoms with Crippen LogP contribution < -0.4 is 4.89 Å². The first-order chi connectivity index (χ1) is 34.0. The van der Waals surface area contributed by atoms with E-state index >= 15 is 0 Å². The Kier molecular flexibility index (Phi) is 46.9. The molecule has 0 heterocycles. The monoisotopic (exact) mass is 990 g/mol. The van der Waals surface area contributed by atoms with Crippen molar-refractivity contribution >= 4 is 19.8 Å². The van der Waals surface area contributed by atoms with Gasteiger partial charge in [0.1, 0.15) is 19.8 Å². The van der Waals surface area contributed by atoms with Crippen molar-refractivity contribution in [3.8, 4) is 0 Å². The molecule has 0 aliphatic heterocycles. The van der Waals surface area contributed by atoms with Gasteiger partial charge in [0.25, 0.3) is 7.82 Å². The molecule has 0 aromatic heterocycles. The summed E-state index contributed by atoms with van der Waals surface area (Å²) < 4.78 is 34.0. The highest BCUT2D eigenvalue weighted by atomic mass is 31.2. The van der Waals surface area contributed by atoms with Crippen LogP contribution in [0.5, 0.6) is 0 Å². The number of likely N-dealkylation sites (N-methyl/N-ethyl adjacent to an activating group) is 1. The molecular weight excluding hydrogens is 894 g/mol. The van der Waals surface area contributed by atoms with E-state index in [2.05, 4.69) is 160 Å². The lowest BCUT2D eigenvalue weighted by Crippen LogP contribution is -2.37. The largest absolute Gasteiger partial charge is 0.756 e. The van der Waals surface area contributed by atoms with Gasteiger partial charge in [0.2, 0.25) is 0 Å². The zero-order valence-electron chi connectivity index (χ0n) is 44.4. The van der Waals surface area contributed by atoms with Crippen LogP contribution in [-0.2, 0) is 32.7 Å². The smallest absolute Gasteiger partial charge is 0.306 e. The van der Waals surface area contributed by atoms with E-state index in [-0.39, 0.29) is 26.1 Å². The van der Waals surface area contributed by atoms with E-state index in [0.717, 1.165) is 128 Å². The molecular formula is C60H96NO8P. The minimum Gasteiger partial charge on any atom is -0.756 e. The zero-order valence-corrected chi connectivity index (χ0v) is 45.3. The Balaban J connectivity index is 4.40. The first-order valence-electron chi connectivity index (χ1n) is 26.5. The Labute approximate surface area is 427 Å². The predicted octanol–water partition coefficient (Wildman–Crippen LogP) is 15.7. The van der Waals surface area contributed by atoms with Crippen LogP contribution in [0.25, 0.3) is 0 Å². The molecule has 0 N–H and O–H groups in total. The second kappa shape index (κ2) is 49.9. The van der Waals surface area contributed by atoms with Crippen molar-refractivity contribution in [2.75, 3.05) is 47.5 Å². The molecule has 0 amide bonds. The fraction of sp³-hybridized carbons (Fsp3) is 0.567. The van der Waals surface area contributed by atoms with Crippen LogP contribution in [-0.4, -0.2) is 70.0 Å². The van der Waals surface area contributed by atoms with Gasteiger partial charge in [0.05, 0.1) is 27.7 Å². The highest BCUT2D eigenvalue weighted by Crippen LogP contribution is 2.38. The van der Waals surface area contributed by atoms with Crippen molar-refractivity contribution in [1.82, 2.24) is 0 Å². The summed E-state index contributed by atoms with van der Waals surface area (Å²) in [6.07, 6.45) is 73.0. The normalized spacial score (nSPS) is 14.5. The first kappa shape index (κ1) is 65.9. The van der Waals surface area contributed by atoms with Crippen LogP contribution in [0.15, 0.2) is 146 Å². The number of rotatable bonds is 46. The number of phosphoric ester groups is 1. The SMILES string of the molecule is CC/C=C\C/C=C\C/C=C\C/C=C\C/C=C\C/C=C\CCCCCCC(=O)OCC(COP(=O)([O-])OCC[N+](C)(C)C)OC(=O)CCCCCC/C=C\C/C=C\C/C=C\C/C=C\C/C=C\C/C=C\CC. The molecule has 70 heavy (non-hydrogen) atoms. The lowest BCUT2D eigenvalue weighted by molar-refractivity contribution is -0.870. The number of allylic oxidation sites excluding steroid dienone is 24. The zero-order chi connectivity index (χ0) is 51.3. The Morgan fingerprint density at radius 3 is 1.13 bits per heavy atom. The highest BCUT2D eigenvalue weighted by Gasteiger charge is 2.21. The molecule has 0 bridgehead atoms. The predicted molar refractivity (Wildman–Crippen MR) is 295 cm³/mol. The fourth-order valence-corrected chi connectivity index (χ4v) is 7.04. The molecule has 0 saturated carbocycles. The summed E-state index contributed by atoms with van der Waals surface area (Å²) in [5.74, 6) is -0.908. The second-order valence-electron chi connectivity index (χ2n) is 18.1. The van der Waals surface area contributed by atoms with E-state index in [0.29, 0.717) is 23.9 Å². The molecule has 10 heteroatoms. The van der Waals surface area contributed by atoms with Crippen LogP contribution in [0.4, 0.5) is 0 Å². The Morgan fingerprint density at radius 1 is 0.443 bits per heavy atom. The summed E-state index contributed by atoms with van der Waals surface area (Å²) in [7, 11) is 1.10. The topological polar surface area (TPSA) is 111 Å². The molecule has 2 atom stereocenters. The summed E-state index contributed by atoms with van der Waals surface area (Å²) >= 11 is 0. The van der Waals surface area contributed by atoms with E-state index in [9.17, 15) is 19.0 Å². The maximum Gasteiger partial charge on any atom is 0.306 e. The van der Waals surface area contributed by atoms with Crippen LogP contribution >= 0.6 is 7.82 Å². The number of nitrogens with zero attached hydrogens (tertiary/aromatic N) is 1. The van der Waals surface area contributed by atoms with E-state index in [1.807, 2.05) is 21.1 Å². The van der Waals surface area contributed by atoms with Crippen LogP contribution in [0, 0.1) is 0 Å². The number of quaternary nitrogens is 1. The maximum absolute atomic E-state index is 12.8. The fourth-order valence-electron chi connectivity index (χ4n) is 6.31. The molecule has 0 aliphatic carbocycles. The van der Waals surface area contributed by atoms with Crippen molar-refractivity contribution in [3.63, 3.8) is 0 Å². The quantitative estimate of drug-likeness (QED) is 0.0195. The average Bonchev–Trinajstić information content (AvgIpc) is 3.32. The van der Waals surface area contributed by atoms with Crippen molar-refractivity contribution < 1.29 is 42.1 Å². The molecule has 394 valence electrons. The van der Waals surface area contributed by atoms with E-state index in [1.165, 1.54) is 0 Å². The number of hydrogen-bond donors (Lipinski definition) is 0. The minimum absolute atomic E-state index is 0.0504. The lowest BCUT2D eigenvalue weighted by Gasteiger charge is -2.28. The molecule has 0 radical (unpaired) electrons. The van der Waals surface area contributed by atoms with Gasteiger partial charge in [-0.1, -0.05) is 185 Å². The minimum atomic E-state index is -4.66. The summed E-state index contributed by atoms with van der Waals surface area (Å²) in [5, 5.41) is 0. The van der Waals surface area contributed by atoms with Gasteiger partial charge in [-0.2, -0.15) is 0 Å². The average molecular weight is 990 g/mol. The van der Waals surface area contributed by atoms with E-state index in [4.69, 9.17) is 18.5 Å². The third-order valence-corrected chi connectivity index (χ3v) is 11.3. The maximum atomic E-state index is 12.8. The summed E-state index contributed by atoms with van der Waals surface area (Å²) in [6, 6.07) is 0. The summed E-state index contributed by atoms with van der Waals surface area (Å²) in [4.78, 5) is 37.8. The number of ether oxygens (including phenoxy) is 2. The number of esters is 2. The van der Waals surface area contributed by atoms with Crippen LogP contribution in [0.2, 0.25) is 0 Å². The van der Waals surface area contributed by atoms with Crippen molar-refractivity contribution in [2.24, 2.45) is 0 Å². The molecule has 2 unspecified atom stereocenters. The van der Waals surface area contributed by atoms with Gasteiger partial charge in [-0.25, -0.2) is 0 Å². The first-order valence-corrected chi connectivity index (χ1v) is 28.0. The number of phosphoric acid groups is 1. The Morgan fingerprint density at radius 2 is 0.771 bits per heavy atom. The third kappa shape index (κ3) is 53.2. The number of unbranched alkanes of at least 4 members (excludes halogenated alkanes) is 8. The Hall–Kier alpha value is -4.11. The van der Waals surface area contributed by atoms with E-state index in [1.54, 1.807) is 0 Å². The highest BCUT2D eigenvalue weighted by molar-refractivity contribution is 7.45. The van der Waals surface area contributed by atoms with Crippen molar-refractivity contribution in [3.05, 3.63) is 146 Å². The summed E-state index contributed by atoms with van der Waals surface area (Å²) in [5.41, 5.74) is 0. The van der Waals surface area contributed by atoms with Crippen LogP contribution in [0.1, 0.15) is 168 Å².